The molecule has 3 rings (SSSR count). The lowest BCUT2D eigenvalue weighted by Gasteiger charge is -2.14. The lowest BCUT2D eigenvalue weighted by atomic mass is 10.1. The second-order valence-corrected chi connectivity index (χ2v) is 6.44. The number of amides is 1. The third-order valence-electron chi connectivity index (χ3n) is 4.03. The predicted molar refractivity (Wildman–Crippen MR) is 104 cm³/mol. The van der Waals surface area contributed by atoms with Gasteiger partial charge in [-0.15, -0.1) is 0 Å². The summed E-state index contributed by atoms with van der Waals surface area (Å²) in [5, 5.41) is 4.59. The van der Waals surface area contributed by atoms with E-state index >= 15 is 0 Å². The summed E-state index contributed by atoms with van der Waals surface area (Å²) >= 11 is 0. The van der Waals surface area contributed by atoms with Crippen LogP contribution in [0.3, 0.4) is 0 Å². The topological polar surface area (TPSA) is 77.8 Å². The maximum atomic E-state index is 12.4. The summed E-state index contributed by atoms with van der Waals surface area (Å²) in [7, 11) is 1.53. The van der Waals surface area contributed by atoms with Gasteiger partial charge in [-0.25, -0.2) is 4.79 Å². The zero-order valence-corrected chi connectivity index (χ0v) is 15.7. The minimum atomic E-state index is -0.954. The molecule has 1 atom stereocenters. The van der Waals surface area contributed by atoms with E-state index < -0.39 is 18.0 Å². The number of rotatable bonds is 5. The Hall–Kier alpha value is -3.28. The molecule has 140 valence electrons. The fraction of sp³-hybridized carbons (Fsp3) is 0.238. The highest BCUT2D eigenvalue weighted by atomic mass is 16.5. The highest BCUT2D eigenvalue weighted by Gasteiger charge is 2.20. The number of nitrogens with one attached hydrogen (secondary N) is 1. The monoisotopic (exact) mass is 367 g/mol. The van der Waals surface area contributed by atoms with Crippen LogP contribution in [0.15, 0.2) is 52.5 Å². The number of para-hydroxylation sites is 1. The molecule has 0 unspecified atom stereocenters. The van der Waals surface area contributed by atoms with Crippen LogP contribution in [0.1, 0.15) is 20.8 Å². The first-order valence-electron chi connectivity index (χ1n) is 8.54. The van der Waals surface area contributed by atoms with Gasteiger partial charge in [0.15, 0.2) is 6.10 Å². The quantitative estimate of drug-likeness (QED) is 0.533. The summed E-state index contributed by atoms with van der Waals surface area (Å²) in [5.74, 6) is -0.526. The van der Waals surface area contributed by atoms with Gasteiger partial charge in [0.1, 0.15) is 16.9 Å². The number of furan rings is 1. The standard InChI is InChI=1S/C21H21NO5/c1-12(2)9-20(23)26-13(3)21(24)22-16-11-18-15(10-19(16)25-4)14-7-5-6-8-17(14)27-18/h5-11,13H,1-4H3,(H,22,24)/t13-/m0/s1. The lowest BCUT2D eigenvalue weighted by molar-refractivity contribution is -0.148. The number of hydrogen-bond acceptors (Lipinski definition) is 5. The van der Waals surface area contributed by atoms with E-state index in [0.29, 0.717) is 17.0 Å². The van der Waals surface area contributed by atoms with Gasteiger partial charge in [0.05, 0.1) is 12.8 Å². The molecule has 6 heteroatoms. The molecule has 3 aromatic rings. The predicted octanol–water partition coefficient (Wildman–Crippen LogP) is 4.43. The van der Waals surface area contributed by atoms with Crippen molar-refractivity contribution in [2.24, 2.45) is 0 Å². The Morgan fingerprint density at radius 3 is 2.56 bits per heavy atom. The largest absolute Gasteiger partial charge is 0.495 e. The third kappa shape index (κ3) is 3.95. The van der Waals surface area contributed by atoms with E-state index in [1.807, 2.05) is 30.3 Å². The third-order valence-corrected chi connectivity index (χ3v) is 4.03. The molecule has 0 saturated carbocycles. The molecule has 0 radical (unpaired) electrons. The number of benzene rings is 2. The summed E-state index contributed by atoms with van der Waals surface area (Å²) in [5.41, 5.74) is 2.62. The number of carbonyl (C=O) groups is 2. The van der Waals surface area contributed by atoms with Crippen LogP contribution in [0.25, 0.3) is 21.9 Å². The normalized spacial score (nSPS) is 11.9. The first-order valence-corrected chi connectivity index (χ1v) is 8.54. The molecule has 0 saturated heterocycles. The number of carbonyl (C=O) groups excluding carboxylic acids is 2. The summed E-state index contributed by atoms with van der Waals surface area (Å²) in [4.78, 5) is 24.1. The summed E-state index contributed by atoms with van der Waals surface area (Å²) in [6.45, 7) is 5.07. The van der Waals surface area contributed by atoms with Crippen molar-refractivity contribution < 1.29 is 23.5 Å². The van der Waals surface area contributed by atoms with Crippen LogP contribution in [0.4, 0.5) is 5.69 Å². The van der Waals surface area contributed by atoms with Crippen molar-refractivity contribution in [2.75, 3.05) is 12.4 Å². The summed E-state index contributed by atoms with van der Waals surface area (Å²) in [6, 6.07) is 11.2. The molecular formula is C21H21NO5. The molecule has 1 aromatic heterocycles. The van der Waals surface area contributed by atoms with E-state index in [4.69, 9.17) is 13.9 Å². The van der Waals surface area contributed by atoms with Crippen LogP contribution in [-0.4, -0.2) is 25.1 Å². The first-order chi connectivity index (χ1) is 12.9. The molecule has 0 aliphatic rings. The van der Waals surface area contributed by atoms with Crippen molar-refractivity contribution >= 4 is 39.5 Å². The maximum Gasteiger partial charge on any atom is 0.331 e. The number of ether oxygens (including phenoxy) is 2. The zero-order chi connectivity index (χ0) is 19.6. The average molecular weight is 367 g/mol. The van der Waals surface area contributed by atoms with Gasteiger partial charge in [-0.2, -0.15) is 0 Å². The number of anilines is 1. The first kappa shape index (κ1) is 18.5. The Balaban J connectivity index is 1.87. The molecule has 27 heavy (non-hydrogen) atoms. The van der Waals surface area contributed by atoms with Gasteiger partial charge < -0.3 is 19.2 Å². The van der Waals surface area contributed by atoms with Crippen molar-refractivity contribution in [1.29, 1.82) is 0 Å². The number of allylic oxidation sites excluding steroid dienone is 1. The molecule has 0 spiro atoms. The maximum absolute atomic E-state index is 12.4. The molecule has 0 aliphatic carbocycles. The highest BCUT2D eigenvalue weighted by Crippen LogP contribution is 2.36. The highest BCUT2D eigenvalue weighted by molar-refractivity contribution is 6.08. The number of esters is 1. The van der Waals surface area contributed by atoms with Crippen LogP contribution in [-0.2, 0) is 14.3 Å². The van der Waals surface area contributed by atoms with E-state index in [1.165, 1.54) is 20.1 Å². The van der Waals surface area contributed by atoms with Crippen molar-refractivity contribution in [2.45, 2.75) is 26.9 Å². The molecule has 0 aliphatic heterocycles. The van der Waals surface area contributed by atoms with E-state index in [1.54, 1.807) is 19.9 Å². The van der Waals surface area contributed by atoms with E-state index in [-0.39, 0.29) is 0 Å². The van der Waals surface area contributed by atoms with Crippen LogP contribution < -0.4 is 10.1 Å². The zero-order valence-electron chi connectivity index (χ0n) is 15.7. The fourth-order valence-corrected chi connectivity index (χ4v) is 2.75. The Labute approximate surface area is 156 Å². The Morgan fingerprint density at radius 1 is 1.11 bits per heavy atom. The van der Waals surface area contributed by atoms with Gasteiger partial charge in [-0.1, -0.05) is 23.8 Å². The number of hydrogen-bond donors (Lipinski definition) is 1. The van der Waals surface area contributed by atoms with Gasteiger partial charge in [-0.05, 0) is 32.9 Å². The molecule has 1 amide bonds. The molecule has 1 heterocycles. The van der Waals surface area contributed by atoms with E-state index in [9.17, 15) is 9.59 Å². The van der Waals surface area contributed by atoms with Gasteiger partial charge in [0.25, 0.3) is 5.91 Å². The number of fused-ring (bicyclic) bond motifs is 3. The van der Waals surface area contributed by atoms with Gasteiger partial charge >= 0.3 is 5.97 Å². The molecule has 0 fully saturated rings. The second-order valence-electron chi connectivity index (χ2n) is 6.44. The molecular weight excluding hydrogens is 346 g/mol. The Morgan fingerprint density at radius 2 is 1.85 bits per heavy atom. The van der Waals surface area contributed by atoms with E-state index in [2.05, 4.69) is 5.32 Å². The molecule has 6 nitrogen and oxygen atoms in total. The van der Waals surface area contributed by atoms with E-state index in [0.717, 1.165) is 21.9 Å². The smallest absolute Gasteiger partial charge is 0.331 e. The lowest BCUT2D eigenvalue weighted by Crippen LogP contribution is -2.29. The SMILES string of the molecule is COc1cc2c(cc1NC(=O)[C@H](C)OC(=O)C=C(C)C)oc1ccccc12. The van der Waals surface area contributed by atoms with Crippen molar-refractivity contribution in [3.05, 3.63) is 48.0 Å². The minimum Gasteiger partial charge on any atom is -0.495 e. The van der Waals surface area contributed by atoms with Crippen LogP contribution >= 0.6 is 0 Å². The van der Waals surface area contributed by atoms with Crippen molar-refractivity contribution in [1.82, 2.24) is 0 Å². The minimum absolute atomic E-state index is 0.444. The summed E-state index contributed by atoms with van der Waals surface area (Å²) < 4.78 is 16.4. The summed E-state index contributed by atoms with van der Waals surface area (Å²) in [6.07, 6.45) is 0.384. The molecule has 0 bridgehead atoms. The van der Waals surface area contributed by atoms with Crippen LogP contribution in [0.2, 0.25) is 0 Å². The van der Waals surface area contributed by atoms with Gasteiger partial charge in [0, 0.05) is 22.9 Å². The van der Waals surface area contributed by atoms with Crippen molar-refractivity contribution in [3.8, 4) is 5.75 Å². The fourth-order valence-electron chi connectivity index (χ4n) is 2.75. The molecule has 2 aromatic carbocycles. The Kier molecular flexibility index (Phi) is 5.16. The van der Waals surface area contributed by atoms with Gasteiger partial charge in [-0.3, -0.25) is 4.79 Å². The number of methoxy groups -OCH3 is 1. The second kappa shape index (κ2) is 7.53. The molecule has 1 N–H and O–H groups in total. The van der Waals surface area contributed by atoms with Crippen LogP contribution in [0.5, 0.6) is 5.75 Å². The van der Waals surface area contributed by atoms with Crippen LogP contribution in [0, 0.1) is 0 Å². The van der Waals surface area contributed by atoms with Gasteiger partial charge in [0.2, 0.25) is 0 Å². The van der Waals surface area contributed by atoms with Crippen molar-refractivity contribution in [3.63, 3.8) is 0 Å². The average Bonchev–Trinajstić information content (AvgIpc) is 2.97. The Bertz CT molecular complexity index is 1040.